The predicted octanol–water partition coefficient (Wildman–Crippen LogP) is 20.7. The summed E-state index contributed by atoms with van der Waals surface area (Å²) < 4.78 is 5.01. The fourth-order valence-electron chi connectivity index (χ4n) is 12.0. The minimum absolute atomic E-state index is 1.09. The van der Waals surface area contributed by atoms with Gasteiger partial charge >= 0.3 is 0 Å². The molecule has 0 unspecified atom stereocenters. The van der Waals surface area contributed by atoms with E-state index < -0.39 is 0 Å². The van der Waals surface area contributed by atoms with Gasteiger partial charge in [0.2, 0.25) is 0 Å². The molecule has 0 aliphatic rings. The van der Waals surface area contributed by atoms with Gasteiger partial charge in [-0.05, 0) is 120 Å². The second kappa shape index (κ2) is 17.6. The van der Waals surface area contributed by atoms with Gasteiger partial charge in [-0.2, -0.15) is 0 Å². The number of fused-ring (bicyclic) bond motifs is 9. The van der Waals surface area contributed by atoms with Crippen LogP contribution in [0, 0.1) is 0 Å². The third-order valence-corrected chi connectivity index (χ3v) is 16.6. The average molecular weight is 971 g/mol. The van der Waals surface area contributed by atoms with Crippen molar-refractivity contribution in [3.63, 3.8) is 0 Å². The lowest BCUT2D eigenvalue weighted by atomic mass is 9.95. The Labute approximate surface area is 438 Å². The molecule has 0 bridgehead atoms. The van der Waals surface area contributed by atoms with Crippen LogP contribution in [0.1, 0.15) is 0 Å². The maximum Gasteiger partial charge on any atom is 0.0555 e. The molecule has 2 heterocycles. The Morgan fingerprint density at radius 1 is 0.293 bits per heavy atom. The average Bonchev–Trinajstić information content (AvgIpc) is 4.09. The first kappa shape index (κ1) is 43.1. The van der Waals surface area contributed by atoms with Crippen molar-refractivity contribution in [2.45, 2.75) is 0 Å². The molecule has 15 rings (SSSR count). The number of rotatable bonds is 8. The van der Waals surface area contributed by atoms with E-state index in [1.54, 1.807) is 0 Å². The molecule has 0 fully saturated rings. The van der Waals surface area contributed by atoms with Gasteiger partial charge in [-0.15, -0.1) is 11.3 Å². The lowest BCUT2D eigenvalue weighted by molar-refractivity contribution is 1.20. The molecule has 0 aliphatic carbocycles. The summed E-state index contributed by atoms with van der Waals surface area (Å²) in [6.45, 7) is 0. The SMILES string of the molecule is c1cc(-c2cccc3c2c2ccccc2n3-c2cccc3ccccc23)cc(N(c2ccc(-c3ccc(-c4cccc5ccccc45)cc3)cc2)c2ccc(-c3cccc4ccccc34)c3sc4ccccc4c23)c1. The summed E-state index contributed by atoms with van der Waals surface area (Å²) in [5, 5.41) is 12.5. The molecular weight excluding hydrogens is 925 g/mol. The lowest BCUT2D eigenvalue weighted by Gasteiger charge is -2.28. The van der Waals surface area contributed by atoms with Gasteiger partial charge in [-0.1, -0.05) is 224 Å². The number of anilines is 3. The summed E-state index contributed by atoms with van der Waals surface area (Å²) in [4.78, 5) is 2.49. The molecule has 0 N–H and O–H groups in total. The fourth-order valence-corrected chi connectivity index (χ4v) is 13.2. The van der Waals surface area contributed by atoms with E-state index >= 15 is 0 Å². The molecule has 75 heavy (non-hydrogen) atoms. The monoisotopic (exact) mass is 970 g/mol. The number of thiophene rings is 1. The maximum atomic E-state index is 2.49. The molecule has 2 nitrogen and oxygen atoms in total. The number of hydrogen-bond donors (Lipinski definition) is 0. The van der Waals surface area contributed by atoms with Crippen LogP contribution < -0.4 is 4.90 Å². The van der Waals surface area contributed by atoms with Crippen molar-refractivity contribution in [3.05, 3.63) is 279 Å². The summed E-state index contributed by atoms with van der Waals surface area (Å²) in [6.07, 6.45) is 0. The molecule has 0 aliphatic heterocycles. The normalized spacial score (nSPS) is 11.7. The first-order valence-electron chi connectivity index (χ1n) is 25.7. The molecule has 15 aromatic rings. The van der Waals surface area contributed by atoms with Gasteiger partial charge in [0.1, 0.15) is 0 Å². The Morgan fingerprint density at radius 2 is 0.827 bits per heavy atom. The van der Waals surface area contributed by atoms with Gasteiger partial charge in [0, 0.05) is 53.3 Å². The molecule has 0 radical (unpaired) electrons. The summed E-state index contributed by atoms with van der Waals surface area (Å²) in [5.41, 5.74) is 16.5. The van der Waals surface area contributed by atoms with Crippen LogP contribution in [0.5, 0.6) is 0 Å². The van der Waals surface area contributed by atoms with E-state index in [1.807, 2.05) is 11.3 Å². The molecule has 0 saturated carbocycles. The minimum Gasteiger partial charge on any atom is -0.310 e. The molecule has 2 aromatic heterocycles. The standard InChI is InChI=1S/C72H46N2S/c1-4-24-56-49(16-1)19-12-29-57(56)52-38-36-47(37-39-52)48-40-42-54(43-41-48)73(68-45-44-62(61-31-13-20-50-17-2-5-25-58(50)61)72-71(68)64-28-8-10-35-69(64)75-72)55-23-11-22-53(46-55)60-30-15-34-67-70(60)63-27-7-9-32-66(63)74(67)65-33-14-21-51-18-3-6-26-59(51)65/h1-46H. The number of hydrogen-bond acceptors (Lipinski definition) is 2. The van der Waals surface area contributed by atoms with Crippen molar-refractivity contribution < 1.29 is 0 Å². The van der Waals surface area contributed by atoms with Crippen LogP contribution in [0.25, 0.3) is 124 Å². The molecule has 3 heteroatoms. The molecular formula is C72H46N2S. The second-order valence-corrected chi connectivity index (χ2v) is 20.6. The number of aromatic nitrogens is 1. The minimum atomic E-state index is 1.09. The highest BCUT2D eigenvalue weighted by atomic mass is 32.1. The second-order valence-electron chi connectivity index (χ2n) is 19.5. The Balaban J connectivity index is 0.917. The quantitative estimate of drug-likeness (QED) is 0.147. The van der Waals surface area contributed by atoms with Gasteiger partial charge < -0.3 is 9.47 Å². The van der Waals surface area contributed by atoms with Gasteiger partial charge in [0.05, 0.1) is 22.4 Å². The topological polar surface area (TPSA) is 8.17 Å². The van der Waals surface area contributed by atoms with Crippen LogP contribution in [0.15, 0.2) is 279 Å². The highest BCUT2D eigenvalue weighted by Crippen LogP contribution is 2.50. The molecule has 0 spiro atoms. The van der Waals surface area contributed by atoms with Crippen LogP contribution >= 0.6 is 11.3 Å². The fraction of sp³-hybridized carbons (Fsp3) is 0. The van der Waals surface area contributed by atoms with Crippen LogP contribution in [0.2, 0.25) is 0 Å². The van der Waals surface area contributed by atoms with Crippen molar-refractivity contribution in [1.29, 1.82) is 0 Å². The van der Waals surface area contributed by atoms with Gasteiger partial charge in [-0.3, -0.25) is 0 Å². The van der Waals surface area contributed by atoms with E-state index in [0.29, 0.717) is 0 Å². The first-order chi connectivity index (χ1) is 37.2. The zero-order valence-electron chi connectivity index (χ0n) is 40.9. The number of benzene rings is 13. The smallest absolute Gasteiger partial charge is 0.0555 e. The zero-order valence-corrected chi connectivity index (χ0v) is 41.7. The van der Waals surface area contributed by atoms with Crippen molar-refractivity contribution >= 4 is 103 Å². The Bertz CT molecular complexity index is 4700. The van der Waals surface area contributed by atoms with Crippen LogP contribution in [0.3, 0.4) is 0 Å². The highest BCUT2D eigenvalue weighted by molar-refractivity contribution is 7.26. The van der Waals surface area contributed by atoms with E-state index in [9.17, 15) is 0 Å². The number of para-hydroxylation sites is 1. The van der Waals surface area contributed by atoms with Crippen LogP contribution in [-0.2, 0) is 0 Å². The lowest BCUT2D eigenvalue weighted by Crippen LogP contribution is -2.10. The first-order valence-corrected chi connectivity index (χ1v) is 26.6. The van der Waals surface area contributed by atoms with Gasteiger partial charge in [-0.25, -0.2) is 0 Å². The van der Waals surface area contributed by atoms with Crippen LogP contribution in [0.4, 0.5) is 17.1 Å². The summed E-state index contributed by atoms with van der Waals surface area (Å²) >= 11 is 1.89. The third kappa shape index (κ3) is 7.08. The van der Waals surface area contributed by atoms with E-state index in [2.05, 4.69) is 289 Å². The largest absolute Gasteiger partial charge is 0.310 e. The molecule has 13 aromatic carbocycles. The Kier molecular flexibility index (Phi) is 10.1. The number of nitrogens with zero attached hydrogens (tertiary/aromatic N) is 2. The van der Waals surface area contributed by atoms with Crippen molar-refractivity contribution in [1.82, 2.24) is 4.57 Å². The van der Waals surface area contributed by atoms with E-state index in [0.717, 1.165) is 22.6 Å². The Hall–Kier alpha value is -9.54. The van der Waals surface area contributed by atoms with Crippen LogP contribution in [-0.4, -0.2) is 4.57 Å². The Morgan fingerprint density at radius 3 is 1.59 bits per heavy atom. The van der Waals surface area contributed by atoms with Crippen molar-refractivity contribution in [2.24, 2.45) is 0 Å². The predicted molar refractivity (Wildman–Crippen MR) is 323 cm³/mol. The van der Waals surface area contributed by atoms with Gasteiger partial charge in [0.25, 0.3) is 0 Å². The third-order valence-electron chi connectivity index (χ3n) is 15.4. The summed E-state index contributed by atoms with van der Waals surface area (Å²) in [5.74, 6) is 0. The van der Waals surface area contributed by atoms with Crippen molar-refractivity contribution in [2.75, 3.05) is 4.90 Å². The summed E-state index contributed by atoms with van der Waals surface area (Å²) in [6, 6.07) is 103. The zero-order chi connectivity index (χ0) is 49.4. The molecule has 0 atom stereocenters. The van der Waals surface area contributed by atoms with E-state index in [4.69, 9.17) is 0 Å². The molecule has 350 valence electrons. The molecule has 0 amide bonds. The highest BCUT2D eigenvalue weighted by Gasteiger charge is 2.24. The summed E-state index contributed by atoms with van der Waals surface area (Å²) in [7, 11) is 0. The maximum absolute atomic E-state index is 2.49. The molecule has 0 saturated heterocycles. The van der Waals surface area contributed by atoms with E-state index in [1.165, 1.54) is 119 Å². The van der Waals surface area contributed by atoms with Crippen molar-refractivity contribution in [3.8, 4) is 50.2 Å². The van der Waals surface area contributed by atoms with E-state index in [-0.39, 0.29) is 0 Å². The van der Waals surface area contributed by atoms with Gasteiger partial charge in [0.15, 0.2) is 0 Å².